The highest BCUT2D eigenvalue weighted by molar-refractivity contribution is 6.07. The summed E-state index contributed by atoms with van der Waals surface area (Å²) in [4.78, 5) is 49.3. The van der Waals surface area contributed by atoms with Crippen LogP contribution in [0.4, 0.5) is 14.5 Å². The monoisotopic (exact) mass is 408 g/mol. The first kappa shape index (κ1) is 20.4. The van der Waals surface area contributed by atoms with E-state index in [0.29, 0.717) is 12.8 Å². The van der Waals surface area contributed by atoms with Gasteiger partial charge in [0.2, 0.25) is 11.8 Å². The SMILES string of the molecule is O=C(COC(=O)CN1C(=O)[C@H]2CC=CC[C@@H]2C1=O)Nc1ccc(OC(F)F)cc1. The molecular weight excluding hydrogens is 390 g/mol. The molecule has 0 aromatic heterocycles. The number of hydrogen-bond acceptors (Lipinski definition) is 6. The summed E-state index contributed by atoms with van der Waals surface area (Å²) in [5, 5.41) is 2.41. The van der Waals surface area contributed by atoms with Gasteiger partial charge in [-0.1, -0.05) is 12.2 Å². The van der Waals surface area contributed by atoms with Crippen molar-refractivity contribution in [3.05, 3.63) is 36.4 Å². The molecule has 10 heteroatoms. The molecule has 3 amide bonds. The number of likely N-dealkylation sites (tertiary alicyclic amines) is 1. The molecule has 0 unspecified atom stereocenters. The number of allylic oxidation sites excluding steroid dienone is 2. The lowest BCUT2D eigenvalue weighted by molar-refractivity contribution is -0.154. The van der Waals surface area contributed by atoms with Crippen molar-refractivity contribution < 1.29 is 37.4 Å². The number of nitrogens with zero attached hydrogens (tertiary/aromatic N) is 1. The Labute approximate surface area is 164 Å². The van der Waals surface area contributed by atoms with E-state index >= 15 is 0 Å². The van der Waals surface area contributed by atoms with Crippen molar-refractivity contribution in [2.45, 2.75) is 19.5 Å². The molecule has 0 radical (unpaired) electrons. The summed E-state index contributed by atoms with van der Waals surface area (Å²) in [5.74, 6) is -3.32. The van der Waals surface area contributed by atoms with E-state index in [-0.39, 0.29) is 11.4 Å². The van der Waals surface area contributed by atoms with Crippen LogP contribution in [0.3, 0.4) is 0 Å². The van der Waals surface area contributed by atoms with Gasteiger partial charge in [0.1, 0.15) is 12.3 Å². The van der Waals surface area contributed by atoms with Crippen LogP contribution in [0.2, 0.25) is 0 Å². The van der Waals surface area contributed by atoms with E-state index in [2.05, 4.69) is 10.1 Å². The molecule has 2 atom stereocenters. The minimum Gasteiger partial charge on any atom is -0.454 e. The number of esters is 1. The fourth-order valence-corrected chi connectivity index (χ4v) is 3.26. The molecule has 1 saturated heterocycles. The van der Waals surface area contributed by atoms with Crippen LogP contribution in [-0.2, 0) is 23.9 Å². The van der Waals surface area contributed by atoms with Gasteiger partial charge >= 0.3 is 12.6 Å². The minimum atomic E-state index is -2.95. The number of halogens is 2. The number of benzene rings is 1. The van der Waals surface area contributed by atoms with E-state index in [4.69, 9.17) is 4.74 Å². The number of carbonyl (C=O) groups is 4. The summed E-state index contributed by atoms with van der Waals surface area (Å²) >= 11 is 0. The highest BCUT2D eigenvalue weighted by Crippen LogP contribution is 2.34. The first-order valence-corrected chi connectivity index (χ1v) is 8.85. The first-order valence-electron chi connectivity index (χ1n) is 8.85. The van der Waals surface area contributed by atoms with Crippen LogP contribution in [0, 0.1) is 11.8 Å². The molecular formula is C19H18F2N2O6. The Bertz CT molecular complexity index is 814. The lowest BCUT2D eigenvalue weighted by atomic mass is 9.85. The average Bonchev–Trinajstić information content (AvgIpc) is 2.93. The van der Waals surface area contributed by atoms with Gasteiger partial charge in [-0.2, -0.15) is 8.78 Å². The van der Waals surface area contributed by atoms with E-state index in [0.717, 1.165) is 4.90 Å². The Morgan fingerprint density at radius 2 is 1.66 bits per heavy atom. The molecule has 0 saturated carbocycles. The molecule has 1 N–H and O–H groups in total. The summed E-state index contributed by atoms with van der Waals surface area (Å²) in [6.07, 6.45) is 4.60. The lowest BCUT2D eigenvalue weighted by Gasteiger charge is -2.14. The maximum absolute atomic E-state index is 12.3. The second-order valence-electron chi connectivity index (χ2n) is 6.53. The highest BCUT2D eigenvalue weighted by atomic mass is 19.3. The number of hydrogen-bond donors (Lipinski definition) is 1. The number of amides is 3. The Morgan fingerprint density at radius 1 is 1.07 bits per heavy atom. The van der Waals surface area contributed by atoms with Crippen LogP contribution in [0.1, 0.15) is 12.8 Å². The minimum absolute atomic E-state index is 0.0693. The molecule has 2 aliphatic rings. The average molecular weight is 408 g/mol. The van der Waals surface area contributed by atoms with Crippen molar-refractivity contribution in [3.8, 4) is 5.75 Å². The maximum Gasteiger partial charge on any atom is 0.387 e. The molecule has 8 nitrogen and oxygen atoms in total. The summed E-state index contributed by atoms with van der Waals surface area (Å²) in [7, 11) is 0. The first-order chi connectivity index (χ1) is 13.8. The third-order valence-electron chi connectivity index (χ3n) is 4.61. The van der Waals surface area contributed by atoms with Crippen molar-refractivity contribution >= 4 is 29.4 Å². The van der Waals surface area contributed by atoms with E-state index in [1.54, 1.807) is 0 Å². The Kier molecular flexibility index (Phi) is 6.20. The number of ether oxygens (including phenoxy) is 2. The fraction of sp³-hybridized carbons (Fsp3) is 0.368. The number of anilines is 1. The van der Waals surface area contributed by atoms with Crippen molar-refractivity contribution in [2.75, 3.05) is 18.5 Å². The molecule has 1 aromatic rings. The predicted octanol–water partition coefficient (Wildman–Crippen LogP) is 1.72. The van der Waals surface area contributed by atoms with Crippen LogP contribution >= 0.6 is 0 Å². The third kappa shape index (κ3) is 4.95. The summed E-state index contributed by atoms with van der Waals surface area (Å²) in [6, 6.07) is 5.17. The number of imide groups is 1. The summed E-state index contributed by atoms with van der Waals surface area (Å²) < 4.78 is 33.2. The van der Waals surface area contributed by atoms with Crippen molar-refractivity contribution in [3.63, 3.8) is 0 Å². The van der Waals surface area contributed by atoms with Crippen LogP contribution < -0.4 is 10.1 Å². The molecule has 154 valence electrons. The number of nitrogens with one attached hydrogen (secondary N) is 1. The molecule has 1 fully saturated rings. The van der Waals surface area contributed by atoms with Crippen molar-refractivity contribution in [1.82, 2.24) is 4.90 Å². The Balaban J connectivity index is 1.45. The van der Waals surface area contributed by atoms with Gasteiger partial charge in [-0.05, 0) is 37.1 Å². The molecule has 0 spiro atoms. The van der Waals surface area contributed by atoms with Gasteiger partial charge in [0.15, 0.2) is 6.61 Å². The van der Waals surface area contributed by atoms with Gasteiger partial charge in [0.05, 0.1) is 11.8 Å². The van der Waals surface area contributed by atoms with Crippen LogP contribution in [-0.4, -0.2) is 48.4 Å². The van der Waals surface area contributed by atoms with Gasteiger partial charge in [-0.15, -0.1) is 0 Å². The van der Waals surface area contributed by atoms with Gasteiger partial charge in [-0.25, -0.2) is 0 Å². The summed E-state index contributed by atoms with van der Waals surface area (Å²) in [5.41, 5.74) is 0.286. The van der Waals surface area contributed by atoms with Gasteiger partial charge in [0, 0.05) is 5.69 Å². The highest BCUT2D eigenvalue weighted by Gasteiger charge is 2.47. The molecule has 1 aromatic carbocycles. The van der Waals surface area contributed by atoms with E-state index in [1.165, 1.54) is 24.3 Å². The molecule has 29 heavy (non-hydrogen) atoms. The van der Waals surface area contributed by atoms with E-state index in [9.17, 15) is 28.0 Å². The van der Waals surface area contributed by atoms with Gasteiger partial charge in [-0.3, -0.25) is 24.1 Å². The standard InChI is InChI=1S/C19H18F2N2O6/c20-19(21)29-12-7-5-11(6-8-12)22-15(24)10-28-16(25)9-23-17(26)13-3-1-2-4-14(13)18(23)27/h1-2,5-8,13-14,19H,3-4,9-10H2,(H,22,24)/t13-,14-/m0/s1. The smallest absolute Gasteiger partial charge is 0.387 e. The quantitative estimate of drug-likeness (QED) is 0.419. The maximum atomic E-state index is 12.3. The van der Waals surface area contributed by atoms with E-state index < -0.39 is 55.3 Å². The van der Waals surface area contributed by atoms with Crippen LogP contribution in [0.5, 0.6) is 5.75 Å². The Hall–Kier alpha value is -3.30. The molecule has 1 aliphatic carbocycles. The zero-order chi connectivity index (χ0) is 21.0. The third-order valence-corrected chi connectivity index (χ3v) is 4.61. The Morgan fingerprint density at radius 3 is 2.21 bits per heavy atom. The lowest BCUT2D eigenvalue weighted by Crippen LogP contribution is -2.37. The van der Waals surface area contributed by atoms with Crippen molar-refractivity contribution in [2.24, 2.45) is 11.8 Å². The van der Waals surface area contributed by atoms with Crippen molar-refractivity contribution in [1.29, 1.82) is 0 Å². The van der Waals surface area contributed by atoms with Crippen LogP contribution in [0.25, 0.3) is 0 Å². The topological polar surface area (TPSA) is 102 Å². The number of fused-ring (bicyclic) bond motifs is 1. The summed E-state index contributed by atoms with van der Waals surface area (Å²) in [6.45, 7) is -4.12. The zero-order valence-electron chi connectivity index (χ0n) is 15.2. The van der Waals surface area contributed by atoms with Crippen LogP contribution in [0.15, 0.2) is 36.4 Å². The molecule has 0 bridgehead atoms. The van der Waals surface area contributed by atoms with Gasteiger partial charge < -0.3 is 14.8 Å². The molecule has 1 heterocycles. The van der Waals surface area contributed by atoms with E-state index in [1.807, 2.05) is 12.2 Å². The second-order valence-corrected chi connectivity index (χ2v) is 6.53. The van der Waals surface area contributed by atoms with Gasteiger partial charge in [0.25, 0.3) is 5.91 Å². The molecule has 3 rings (SSSR count). The molecule has 1 aliphatic heterocycles. The predicted molar refractivity (Wildman–Crippen MR) is 94.7 cm³/mol. The number of carbonyl (C=O) groups excluding carboxylic acids is 4. The number of rotatable bonds is 7. The fourth-order valence-electron chi connectivity index (χ4n) is 3.26. The zero-order valence-corrected chi connectivity index (χ0v) is 15.2. The second kappa shape index (κ2) is 8.80. The normalized spacial score (nSPS) is 20.6. The number of alkyl halides is 2. The largest absolute Gasteiger partial charge is 0.454 e.